The number of hydrogen-bond acceptors (Lipinski definition) is 3. The van der Waals surface area contributed by atoms with Gasteiger partial charge < -0.3 is 5.32 Å². The van der Waals surface area contributed by atoms with E-state index in [0.717, 1.165) is 6.08 Å². The molecule has 0 aliphatic heterocycles. The van der Waals surface area contributed by atoms with E-state index in [1.165, 1.54) is 0 Å². The van der Waals surface area contributed by atoms with Gasteiger partial charge in [0.25, 0.3) is 10.1 Å². The molecule has 1 amide bonds. The predicted molar refractivity (Wildman–Crippen MR) is 67.0 cm³/mol. The molecular formula is C11H21NO4S. The summed E-state index contributed by atoms with van der Waals surface area (Å²) in [5, 5.41) is 2.37. The molecule has 0 aromatic heterocycles. The van der Waals surface area contributed by atoms with E-state index in [4.69, 9.17) is 0 Å². The summed E-state index contributed by atoms with van der Waals surface area (Å²) in [6.07, 6.45) is 1.63. The second-order valence-electron chi connectivity index (χ2n) is 5.00. The quantitative estimate of drug-likeness (QED) is 0.584. The molecular weight excluding hydrogens is 242 g/mol. The average molecular weight is 263 g/mol. The van der Waals surface area contributed by atoms with Crippen LogP contribution in [0.5, 0.6) is 0 Å². The molecule has 0 aliphatic carbocycles. The highest BCUT2D eigenvalue weighted by Crippen LogP contribution is 2.38. The molecule has 0 aromatic carbocycles. The van der Waals surface area contributed by atoms with Crippen LogP contribution in [0.25, 0.3) is 0 Å². The molecule has 0 spiro atoms. The van der Waals surface area contributed by atoms with Crippen LogP contribution >= 0.6 is 0 Å². The van der Waals surface area contributed by atoms with Gasteiger partial charge in [-0.25, -0.2) is 0 Å². The number of hydrogen-bond donors (Lipinski definition) is 2. The van der Waals surface area contributed by atoms with E-state index in [-0.39, 0.29) is 6.42 Å². The van der Waals surface area contributed by atoms with E-state index in [0.29, 0.717) is 6.42 Å². The van der Waals surface area contributed by atoms with Crippen molar-refractivity contribution in [3.8, 4) is 0 Å². The number of carbonyl (C=O) groups excluding carboxylic acids is 1. The molecule has 0 bridgehead atoms. The van der Waals surface area contributed by atoms with Gasteiger partial charge >= 0.3 is 0 Å². The van der Waals surface area contributed by atoms with Crippen LogP contribution < -0.4 is 5.32 Å². The highest BCUT2D eigenvalue weighted by molar-refractivity contribution is 7.87. The van der Waals surface area contributed by atoms with E-state index in [1.54, 1.807) is 27.7 Å². The SMILES string of the molecule is C=CC(=O)NC(CCC)(C(C)(C)C)S(=O)(=O)O. The lowest BCUT2D eigenvalue weighted by molar-refractivity contribution is -0.118. The fourth-order valence-electron chi connectivity index (χ4n) is 1.81. The molecule has 0 radical (unpaired) electrons. The van der Waals surface area contributed by atoms with Crippen molar-refractivity contribution < 1.29 is 17.8 Å². The fourth-order valence-corrected chi connectivity index (χ4v) is 3.27. The second kappa shape index (κ2) is 5.18. The lowest BCUT2D eigenvalue weighted by Gasteiger charge is -2.42. The number of amides is 1. The molecule has 1 unspecified atom stereocenters. The van der Waals surface area contributed by atoms with Gasteiger partial charge in [0.1, 0.15) is 0 Å². The first-order valence-corrected chi connectivity index (χ1v) is 6.87. The molecule has 5 nitrogen and oxygen atoms in total. The summed E-state index contributed by atoms with van der Waals surface area (Å²) in [6.45, 7) is 10.0. The van der Waals surface area contributed by atoms with E-state index in [9.17, 15) is 17.8 Å². The Morgan fingerprint density at radius 3 is 2.12 bits per heavy atom. The third-order valence-corrected chi connectivity index (χ3v) is 4.56. The van der Waals surface area contributed by atoms with E-state index in [1.807, 2.05) is 0 Å². The minimum atomic E-state index is -4.43. The maximum absolute atomic E-state index is 11.6. The van der Waals surface area contributed by atoms with Crippen molar-refractivity contribution in [1.82, 2.24) is 5.32 Å². The Morgan fingerprint density at radius 1 is 1.41 bits per heavy atom. The summed E-state index contributed by atoms with van der Waals surface area (Å²) < 4.78 is 32.8. The summed E-state index contributed by atoms with van der Waals surface area (Å²) in [7, 11) is -4.43. The third-order valence-electron chi connectivity index (χ3n) is 2.76. The van der Waals surface area contributed by atoms with Crippen LogP contribution in [-0.4, -0.2) is 23.7 Å². The van der Waals surface area contributed by atoms with Gasteiger partial charge in [-0.1, -0.05) is 40.7 Å². The number of rotatable bonds is 5. The zero-order chi connectivity index (χ0) is 13.9. The Hall–Kier alpha value is -0.880. The van der Waals surface area contributed by atoms with Gasteiger partial charge in [-0.05, 0) is 12.5 Å². The van der Waals surface area contributed by atoms with E-state index >= 15 is 0 Å². The maximum Gasteiger partial charge on any atom is 0.289 e. The van der Waals surface area contributed by atoms with Crippen molar-refractivity contribution in [1.29, 1.82) is 0 Å². The summed E-state index contributed by atoms with van der Waals surface area (Å²) in [6, 6.07) is 0. The molecule has 0 rings (SSSR count). The first-order valence-electron chi connectivity index (χ1n) is 5.43. The summed E-state index contributed by atoms with van der Waals surface area (Å²) in [5.41, 5.74) is -0.838. The van der Waals surface area contributed by atoms with Gasteiger partial charge in [0.05, 0.1) is 0 Å². The molecule has 2 N–H and O–H groups in total. The normalized spacial score (nSPS) is 16.1. The molecule has 0 saturated carbocycles. The zero-order valence-corrected chi connectivity index (χ0v) is 11.6. The Bertz CT molecular complexity index is 394. The molecule has 100 valence electrons. The molecule has 0 fully saturated rings. The Kier molecular flexibility index (Phi) is 4.91. The number of carbonyl (C=O) groups is 1. The first-order chi connectivity index (χ1) is 7.52. The van der Waals surface area contributed by atoms with Gasteiger partial charge in [-0.15, -0.1) is 0 Å². The molecule has 0 saturated heterocycles. The summed E-state index contributed by atoms with van der Waals surface area (Å²) in [5.74, 6) is -0.619. The largest absolute Gasteiger partial charge is 0.331 e. The van der Waals surface area contributed by atoms with Crippen LogP contribution in [0.1, 0.15) is 40.5 Å². The zero-order valence-electron chi connectivity index (χ0n) is 10.8. The molecule has 0 heterocycles. The molecule has 6 heteroatoms. The molecule has 0 aliphatic rings. The van der Waals surface area contributed by atoms with Crippen LogP contribution in [0.4, 0.5) is 0 Å². The van der Waals surface area contributed by atoms with Crippen molar-refractivity contribution in [2.24, 2.45) is 5.41 Å². The van der Waals surface area contributed by atoms with Crippen LogP contribution in [0.3, 0.4) is 0 Å². The van der Waals surface area contributed by atoms with E-state index < -0.39 is 26.3 Å². The maximum atomic E-state index is 11.6. The molecule has 1 atom stereocenters. The van der Waals surface area contributed by atoms with Crippen molar-refractivity contribution >= 4 is 16.0 Å². The second-order valence-corrected chi connectivity index (χ2v) is 6.64. The van der Waals surface area contributed by atoms with Crippen LogP contribution in [0.2, 0.25) is 0 Å². The fraction of sp³-hybridized carbons (Fsp3) is 0.727. The first kappa shape index (κ1) is 16.1. The monoisotopic (exact) mass is 263 g/mol. The van der Waals surface area contributed by atoms with Gasteiger partial charge in [0.2, 0.25) is 5.91 Å². The topological polar surface area (TPSA) is 83.5 Å². The highest BCUT2D eigenvalue weighted by atomic mass is 32.2. The molecule has 17 heavy (non-hydrogen) atoms. The number of nitrogens with one attached hydrogen (secondary N) is 1. The van der Waals surface area contributed by atoms with Crippen molar-refractivity contribution in [3.63, 3.8) is 0 Å². The van der Waals surface area contributed by atoms with Crippen molar-refractivity contribution in [2.45, 2.75) is 45.4 Å². The standard InChI is InChI=1S/C11H21NO4S/c1-6-8-11(10(3,4)5,17(14,15)16)12-9(13)7-2/h7H,2,6,8H2,1,3-5H3,(H,12,13)(H,14,15,16). The smallest absolute Gasteiger partial charge is 0.289 e. The predicted octanol–water partition coefficient (Wildman–Crippen LogP) is 1.72. The molecule has 0 aromatic rings. The van der Waals surface area contributed by atoms with Gasteiger partial charge in [0, 0.05) is 5.41 Å². The minimum Gasteiger partial charge on any atom is -0.331 e. The average Bonchev–Trinajstić information content (AvgIpc) is 2.13. The van der Waals surface area contributed by atoms with Gasteiger partial charge in [-0.3, -0.25) is 9.35 Å². The van der Waals surface area contributed by atoms with Crippen molar-refractivity contribution in [3.05, 3.63) is 12.7 Å². The lowest BCUT2D eigenvalue weighted by atomic mass is 9.83. The lowest BCUT2D eigenvalue weighted by Crippen LogP contribution is -2.61. The third kappa shape index (κ3) is 3.29. The summed E-state index contributed by atoms with van der Waals surface area (Å²) in [4.78, 5) is 9.70. The van der Waals surface area contributed by atoms with Crippen LogP contribution in [-0.2, 0) is 14.9 Å². The highest BCUT2D eigenvalue weighted by Gasteiger charge is 2.52. The van der Waals surface area contributed by atoms with E-state index in [2.05, 4.69) is 11.9 Å². The minimum absolute atomic E-state index is 0.134. The van der Waals surface area contributed by atoms with Crippen molar-refractivity contribution in [2.75, 3.05) is 0 Å². The Labute approximate surface area is 103 Å². The Morgan fingerprint density at radius 2 is 1.88 bits per heavy atom. The Balaban J connectivity index is 5.76. The summed E-state index contributed by atoms with van der Waals surface area (Å²) >= 11 is 0. The van der Waals surface area contributed by atoms with Crippen LogP contribution in [0, 0.1) is 5.41 Å². The van der Waals surface area contributed by atoms with Gasteiger partial charge in [0.15, 0.2) is 4.87 Å². The van der Waals surface area contributed by atoms with Crippen LogP contribution in [0.15, 0.2) is 12.7 Å². The van der Waals surface area contributed by atoms with Gasteiger partial charge in [-0.2, -0.15) is 8.42 Å².